The summed E-state index contributed by atoms with van der Waals surface area (Å²) in [7, 11) is -3.46. The Kier molecular flexibility index (Phi) is 9.43. The van der Waals surface area contributed by atoms with Gasteiger partial charge in [0.05, 0.1) is 22.7 Å². The first-order valence-electron chi connectivity index (χ1n) is 13.6. The lowest BCUT2D eigenvalue weighted by molar-refractivity contribution is 0.266. The van der Waals surface area contributed by atoms with Crippen molar-refractivity contribution >= 4 is 38.0 Å². The first-order chi connectivity index (χ1) is 18.8. The zero-order valence-electron chi connectivity index (χ0n) is 22.9. The molecule has 0 bridgehead atoms. The summed E-state index contributed by atoms with van der Waals surface area (Å²) in [4.78, 5) is 10.5. The summed E-state index contributed by atoms with van der Waals surface area (Å²) in [5.41, 5.74) is 5.09. The standard InChI is InChI=1S/C31H38N4O3S/c1-4-18-35(19-5-2)22-23-12-14-25(15-13-23)32-30(24-10-8-7-9-11-24)29-27-21-26(34-39(37,38)20-6-3)16-17-28(27)33-31(29)36/h7-17,21,33-34,36H,4-6,18-20,22H2,1-3H3. The average Bonchev–Trinajstić information content (AvgIpc) is 3.23. The topological polar surface area (TPSA) is 97.8 Å². The van der Waals surface area contributed by atoms with Gasteiger partial charge in [0, 0.05) is 28.7 Å². The number of fused-ring (bicyclic) bond motifs is 1. The Labute approximate surface area is 231 Å². The lowest BCUT2D eigenvalue weighted by Crippen LogP contribution is -2.24. The van der Waals surface area contributed by atoms with Crippen molar-refractivity contribution in [1.29, 1.82) is 0 Å². The van der Waals surface area contributed by atoms with E-state index < -0.39 is 10.0 Å². The van der Waals surface area contributed by atoms with Crippen LogP contribution in [-0.2, 0) is 16.6 Å². The molecule has 0 aliphatic carbocycles. The second-order valence-corrected chi connectivity index (χ2v) is 11.6. The van der Waals surface area contributed by atoms with E-state index in [-0.39, 0.29) is 11.6 Å². The van der Waals surface area contributed by atoms with Gasteiger partial charge >= 0.3 is 0 Å². The summed E-state index contributed by atoms with van der Waals surface area (Å²) < 4.78 is 27.4. The fourth-order valence-electron chi connectivity index (χ4n) is 4.81. The minimum Gasteiger partial charge on any atom is -0.494 e. The van der Waals surface area contributed by atoms with Crippen LogP contribution in [0.5, 0.6) is 5.88 Å². The minimum absolute atomic E-state index is 0.0208. The molecule has 0 spiro atoms. The van der Waals surface area contributed by atoms with Gasteiger partial charge in [0.2, 0.25) is 10.0 Å². The van der Waals surface area contributed by atoms with E-state index in [1.165, 1.54) is 5.56 Å². The molecule has 0 aliphatic rings. The predicted molar refractivity (Wildman–Crippen MR) is 162 cm³/mol. The van der Waals surface area contributed by atoms with Gasteiger partial charge in [0.15, 0.2) is 5.88 Å². The lowest BCUT2D eigenvalue weighted by Gasteiger charge is -2.21. The zero-order valence-corrected chi connectivity index (χ0v) is 23.8. The van der Waals surface area contributed by atoms with E-state index in [1.807, 2.05) is 49.4 Å². The summed E-state index contributed by atoms with van der Waals surface area (Å²) in [6.07, 6.45) is 2.77. The van der Waals surface area contributed by atoms with Crippen LogP contribution >= 0.6 is 0 Å². The number of sulfonamides is 1. The van der Waals surface area contributed by atoms with Gasteiger partial charge in [-0.05, 0) is 68.2 Å². The van der Waals surface area contributed by atoms with Crippen molar-refractivity contribution in [2.75, 3.05) is 23.6 Å². The highest BCUT2D eigenvalue weighted by Crippen LogP contribution is 2.33. The molecule has 0 atom stereocenters. The molecule has 0 radical (unpaired) electrons. The highest BCUT2D eigenvalue weighted by molar-refractivity contribution is 7.92. The fourth-order valence-corrected chi connectivity index (χ4v) is 5.93. The smallest absolute Gasteiger partial charge is 0.232 e. The van der Waals surface area contributed by atoms with Gasteiger partial charge < -0.3 is 10.1 Å². The first kappa shape index (κ1) is 28.4. The molecule has 4 aromatic rings. The predicted octanol–water partition coefficient (Wildman–Crippen LogP) is 6.82. The largest absolute Gasteiger partial charge is 0.494 e. The number of hydrogen-bond donors (Lipinski definition) is 3. The van der Waals surface area contributed by atoms with E-state index in [2.05, 4.69) is 40.6 Å². The summed E-state index contributed by atoms with van der Waals surface area (Å²) in [6.45, 7) is 9.28. The quantitative estimate of drug-likeness (QED) is 0.160. The third-order valence-electron chi connectivity index (χ3n) is 6.47. The minimum atomic E-state index is -3.46. The van der Waals surface area contributed by atoms with Crippen LogP contribution in [0.3, 0.4) is 0 Å². The highest BCUT2D eigenvalue weighted by Gasteiger charge is 2.20. The van der Waals surface area contributed by atoms with Crippen LogP contribution in [0.25, 0.3) is 10.9 Å². The molecule has 0 unspecified atom stereocenters. The Morgan fingerprint density at radius 1 is 0.923 bits per heavy atom. The van der Waals surface area contributed by atoms with Crippen LogP contribution < -0.4 is 4.72 Å². The number of benzene rings is 3. The van der Waals surface area contributed by atoms with E-state index in [4.69, 9.17) is 4.99 Å². The Morgan fingerprint density at radius 3 is 2.26 bits per heavy atom. The van der Waals surface area contributed by atoms with Gasteiger partial charge in [-0.2, -0.15) is 0 Å². The second kappa shape index (κ2) is 13.0. The third kappa shape index (κ3) is 7.28. The van der Waals surface area contributed by atoms with Crippen LogP contribution in [0.1, 0.15) is 56.7 Å². The molecular formula is C31H38N4O3S. The molecule has 0 amide bonds. The van der Waals surface area contributed by atoms with E-state index in [0.29, 0.717) is 34.3 Å². The number of aromatic nitrogens is 1. The SMILES string of the molecule is CCCN(CCC)Cc1ccc(N=C(c2ccccc2)c2c(O)[nH]c3ccc(NS(=O)(=O)CCC)cc23)cc1. The van der Waals surface area contributed by atoms with Crippen molar-refractivity contribution in [1.82, 2.24) is 9.88 Å². The monoisotopic (exact) mass is 546 g/mol. The molecule has 39 heavy (non-hydrogen) atoms. The lowest BCUT2D eigenvalue weighted by atomic mass is 10.0. The van der Waals surface area contributed by atoms with Crippen LogP contribution in [0, 0.1) is 0 Å². The molecule has 8 heteroatoms. The summed E-state index contributed by atoms with van der Waals surface area (Å²) in [6, 6.07) is 23.1. The number of aliphatic imine (C=N–C) groups is 1. The van der Waals surface area contributed by atoms with Gasteiger partial charge in [-0.15, -0.1) is 0 Å². The van der Waals surface area contributed by atoms with E-state index in [9.17, 15) is 13.5 Å². The van der Waals surface area contributed by atoms with Crippen LogP contribution in [-0.4, -0.2) is 48.0 Å². The summed E-state index contributed by atoms with van der Waals surface area (Å²) in [5, 5.41) is 11.7. The van der Waals surface area contributed by atoms with E-state index in [1.54, 1.807) is 18.2 Å². The van der Waals surface area contributed by atoms with Crippen molar-refractivity contribution < 1.29 is 13.5 Å². The number of anilines is 1. The van der Waals surface area contributed by atoms with Crippen LogP contribution in [0.2, 0.25) is 0 Å². The van der Waals surface area contributed by atoms with Crippen molar-refractivity contribution in [2.45, 2.75) is 46.6 Å². The van der Waals surface area contributed by atoms with Gasteiger partial charge in [-0.1, -0.05) is 63.2 Å². The van der Waals surface area contributed by atoms with E-state index in [0.717, 1.165) is 43.7 Å². The average molecular weight is 547 g/mol. The van der Waals surface area contributed by atoms with E-state index >= 15 is 0 Å². The Hall–Kier alpha value is -3.62. The molecule has 0 saturated carbocycles. The second-order valence-electron chi connectivity index (χ2n) is 9.80. The molecule has 3 N–H and O–H groups in total. The Morgan fingerprint density at radius 2 is 1.62 bits per heavy atom. The third-order valence-corrected chi connectivity index (χ3v) is 7.96. The molecule has 4 rings (SSSR count). The zero-order chi connectivity index (χ0) is 27.8. The van der Waals surface area contributed by atoms with Gasteiger partial charge in [0.25, 0.3) is 0 Å². The number of aromatic amines is 1. The molecule has 206 valence electrons. The van der Waals surface area contributed by atoms with Gasteiger partial charge in [-0.3, -0.25) is 9.62 Å². The summed E-state index contributed by atoms with van der Waals surface area (Å²) >= 11 is 0. The molecule has 0 saturated heterocycles. The van der Waals surface area contributed by atoms with Crippen LogP contribution in [0.4, 0.5) is 11.4 Å². The van der Waals surface area contributed by atoms with Crippen molar-refractivity contribution in [3.8, 4) is 5.88 Å². The van der Waals surface area contributed by atoms with Crippen molar-refractivity contribution in [2.24, 2.45) is 4.99 Å². The number of hydrogen-bond acceptors (Lipinski definition) is 5. The fraction of sp³-hybridized carbons (Fsp3) is 0.323. The normalized spacial score (nSPS) is 12.4. The van der Waals surface area contributed by atoms with Gasteiger partial charge in [-0.25, -0.2) is 13.4 Å². The molecular weight excluding hydrogens is 508 g/mol. The number of nitrogens with zero attached hydrogens (tertiary/aromatic N) is 2. The number of rotatable bonds is 13. The molecule has 1 aromatic heterocycles. The number of aromatic hydroxyl groups is 1. The summed E-state index contributed by atoms with van der Waals surface area (Å²) in [5.74, 6) is 0.0186. The maximum Gasteiger partial charge on any atom is 0.232 e. The van der Waals surface area contributed by atoms with Crippen LogP contribution in [0.15, 0.2) is 77.8 Å². The van der Waals surface area contributed by atoms with Crippen molar-refractivity contribution in [3.63, 3.8) is 0 Å². The molecule has 7 nitrogen and oxygen atoms in total. The molecule has 0 aliphatic heterocycles. The highest BCUT2D eigenvalue weighted by atomic mass is 32.2. The maximum atomic E-state index is 12.4. The first-order valence-corrected chi connectivity index (χ1v) is 15.3. The molecule has 0 fully saturated rings. The van der Waals surface area contributed by atoms with Crippen molar-refractivity contribution in [3.05, 3.63) is 89.5 Å². The Balaban J connectivity index is 1.75. The van der Waals surface area contributed by atoms with Gasteiger partial charge in [0.1, 0.15) is 0 Å². The molecule has 3 aromatic carbocycles. The maximum absolute atomic E-state index is 12.4. The number of H-pyrrole nitrogens is 1. The Bertz CT molecular complexity index is 1500. The molecule has 1 heterocycles. The number of nitrogens with one attached hydrogen (secondary N) is 2.